The highest BCUT2D eigenvalue weighted by molar-refractivity contribution is 8.16. The van der Waals surface area contributed by atoms with Crippen LogP contribution in [-0.4, -0.2) is 39.4 Å². The number of amides is 2. The average molecular weight is 577 g/mol. The molecular weight excluding hydrogens is 544 g/mol. The molecule has 0 spiro atoms. The molecule has 0 saturated carbocycles. The van der Waals surface area contributed by atoms with Crippen LogP contribution >= 0.6 is 11.8 Å². The molecule has 0 bridgehead atoms. The minimum atomic E-state index is -1.70. The summed E-state index contributed by atoms with van der Waals surface area (Å²) >= 11 is 0.646. The van der Waals surface area contributed by atoms with E-state index >= 15 is 0 Å². The Kier molecular flexibility index (Phi) is 10.1. The fourth-order valence-corrected chi connectivity index (χ4v) is 5.19. The van der Waals surface area contributed by atoms with Gasteiger partial charge in [-0.05, 0) is 54.4 Å². The number of ether oxygens (including phenoxy) is 3. The van der Waals surface area contributed by atoms with Crippen LogP contribution in [0.5, 0.6) is 5.75 Å². The van der Waals surface area contributed by atoms with Gasteiger partial charge >= 0.3 is 11.9 Å². The van der Waals surface area contributed by atoms with Gasteiger partial charge in [0.25, 0.3) is 11.1 Å². The molecule has 1 N–H and O–H groups in total. The van der Waals surface area contributed by atoms with Crippen molar-refractivity contribution in [2.45, 2.75) is 57.0 Å². The molecule has 3 aromatic rings. The fraction of sp³-hybridized carbons (Fsp3) is 0.323. The molecule has 214 valence electrons. The molecule has 0 aliphatic carbocycles. The zero-order valence-corrected chi connectivity index (χ0v) is 23.8. The van der Waals surface area contributed by atoms with Crippen molar-refractivity contribution in [2.24, 2.45) is 0 Å². The summed E-state index contributed by atoms with van der Waals surface area (Å²) in [4.78, 5) is 54.0. The van der Waals surface area contributed by atoms with Gasteiger partial charge in [-0.3, -0.25) is 24.7 Å². The lowest BCUT2D eigenvalue weighted by Crippen LogP contribution is -2.46. The van der Waals surface area contributed by atoms with Crippen LogP contribution in [-0.2, 0) is 43.3 Å². The highest BCUT2D eigenvalue weighted by Gasteiger charge is 2.55. The van der Waals surface area contributed by atoms with Crippen molar-refractivity contribution in [3.8, 4) is 5.75 Å². The second-order valence-electron chi connectivity index (χ2n) is 9.62. The first-order valence-corrected chi connectivity index (χ1v) is 14.2. The number of hydrogen-bond donors (Lipinski definition) is 1. The highest BCUT2D eigenvalue weighted by Crippen LogP contribution is 2.37. The summed E-state index contributed by atoms with van der Waals surface area (Å²) in [7, 11) is 0. The third-order valence-corrected chi connectivity index (χ3v) is 7.61. The van der Waals surface area contributed by atoms with Crippen LogP contribution < -0.4 is 10.1 Å². The van der Waals surface area contributed by atoms with E-state index in [0.29, 0.717) is 42.5 Å². The van der Waals surface area contributed by atoms with Crippen LogP contribution in [0, 0.1) is 0 Å². The molecule has 10 heteroatoms. The number of esters is 2. The van der Waals surface area contributed by atoms with E-state index in [1.54, 1.807) is 30.5 Å². The predicted molar refractivity (Wildman–Crippen MR) is 153 cm³/mol. The van der Waals surface area contributed by atoms with Crippen LogP contribution in [0.15, 0.2) is 72.9 Å². The number of carbonyl (C=O) groups excluding carboxylic acids is 4. The molecule has 41 heavy (non-hydrogen) atoms. The number of thioether (sulfide) groups is 1. The van der Waals surface area contributed by atoms with E-state index in [1.807, 2.05) is 56.3 Å². The standard InChI is InChI=1S/C31H32N2O7S/c1-3-7-27(34)40-21(2)24-12-13-25(32-19-24)16-17-38-26-14-10-22(11-15-26)18-31(28(35)33-30(37)41-31)29(36)39-20-23-8-5-4-6-9-23/h4-6,8-15,19,21H,3,7,16-18,20H2,1-2H3,(H,33,35,37)/t21-,31?/m1/s1. The van der Waals surface area contributed by atoms with Crippen molar-refractivity contribution >= 4 is 34.8 Å². The lowest BCUT2D eigenvalue weighted by atomic mass is 9.97. The number of nitrogens with one attached hydrogen (secondary N) is 1. The van der Waals surface area contributed by atoms with Gasteiger partial charge in [0.1, 0.15) is 18.5 Å². The number of pyridine rings is 1. The average Bonchev–Trinajstić information content (AvgIpc) is 3.26. The van der Waals surface area contributed by atoms with Crippen molar-refractivity contribution in [2.75, 3.05) is 6.61 Å². The number of hydrogen-bond acceptors (Lipinski definition) is 9. The number of benzene rings is 2. The molecule has 9 nitrogen and oxygen atoms in total. The summed E-state index contributed by atoms with van der Waals surface area (Å²) in [5.74, 6) is -1.05. The van der Waals surface area contributed by atoms with Gasteiger partial charge in [0, 0.05) is 36.7 Å². The molecule has 1 unspecified atom stereocenters. The van der Waals surface area contributed by atoms with Gasteiger partial charge in [-0.25, -0.2) is 4.79 Å². The second-order valence-corrected chi connectivity index (χ2v) is 10.9. The number of nitrogens with zero attached hydrogens (tertiary/aromatic N) is 1. The summed E-state index contributed by atoms with van der Waals surface area (Å²) in [6, 6.07) is 19.9. The Balaban J connectivity index is 1.30. The second kappa shape index (κ2) is 13.9. The molecule has 1 fully saturated rings. The Morgan fingerprint density at radius 3 is 2.39 bits per heavy atom. The monoisotopic (exact) mass is 576 g/mol. The normalized spacial score (nSPS) is 17.0. The minimum Gasteiger partial charge on any atom is -0.493 e. The molecule has 2 amide bonds. The van der Waals surface area contributed by atoms with E-state index in [9.17, 15) is 19.2 Å². The minimum absolute atomic E-state index is 0.000742. The molecular formula is C31H32N2O7S. The topological polar surface area (TPSA) is 121 Å². The summed E-state index contributed by atoms with van der Waals surface area (Å²) < 4.78 is 15.0. The predicted octanol–water partition coefficient (Wildman–Crippen LogP) is 5.12. The molecule has 2 heterocycles. The largest absolute Gasteiger partial charge is 0.493 e. The maximum Gasteiger partial charge on any atom is 0.333 e. The maximum absolute atomic E-state index is 13.1. The third-order valence-electron chi connectivity index (χ3n) is 6.47. The fourth-order valence-electron chi connectivity index (χ4n) is 4.20. The van der Waals surface area contributed by atoms with E-state index in [2.05, 4.69) is 10.3 Å². The van der Waals surface area contributed by atoms with Crippen molar-refractivity contribution in [3.05, 3.63) is 95.3 Å². The van der Waals surface area contributed by atoms with Crippen LogP contribution in [0.3, 0.4) is 0 Å². The first kappa shape index (κ1) is 29.8. The Hall–Kier alpha value is -4.18. The van der Waals surface area contributed by atoms with E-state index in [1.165, 1.54) is 0 Å². The van der Waals surface area contributed by atoms with Crippen LogP contribution in [0.2, 0.25) is 0 Å². The third kappa shape index (κ3) is 7.94. The molecule has 1 saturated heterocycles. The van der Waals surface area contributed by atoms with Gasteiger partial charge in [-0.1, -0.05) is 55.5 Å². The van der Waals surface area contributed by atoms with E-state index in [-0.39, 0.29) is 25.1 Å². The number of carbonyl (C=O) groups is 4. The number of imide groups is 1. The van der Waals surface area contributed by atoms with E-state index in [0.717, 1.165) is 23.2 Å². The van der Waals surface area contributed by atoms with Crippen molar-refractivity contribution in [3.63, 3.8) is 0 Å². The summed E-state index contributed by atoms with van der Waals surface area (Å²) in [5.41, 5.74) is 3.12. The Labute approximate surface area is 243 Å². The Morgan fingerprint density at radius 2 is 1.76 bits per heavy atom. The Morgan fingerprint density at radius 1 is 1.00 bits per heavy atom. The van der Waals surface area contributed by atoms with Crippen molar-refractivity contribution < 1.29 is 33.4 Å². The SMILES string of the molecule is CCCC(=O)O[C@H](C)c1ccc(CCOc2ccc(CC3(C(=O)OCc4ccccc4)SC(=O)NC3=O)cc2)nc1. The van der Waals surface area contributed by atoms with E-state index < -0.39 is 21.9 Å². The van der Waals surface area contributed by atoms with Crippen LogP contribution in [0.1, 0.15) is 55.2 Å². The molecule has 0 radical (unpaired) electrons. The van der Waals surface area contributed by atoms with Gasteiger partial charge in [-0.15, -0.1) is 0 Å². The zero-order valence-electron chi connectivity index (χ0n) is 23.0. The molecule has 2 aromatic carbocycles. The first-order valence-electron chi connectivity index (χ1n) is 13.4. The maximum atomic E-state index is 13.1. The van der Waals surface area contributed by atoms with Gasteiger partial charge in [0.2, 0.25) is 4.75 Å². The summed E-state index contributed by atoms with van der Waals surface area (Å²) in [5, 5.41) is 1.63. The molecule has 1 aliphatic rings. The first-order chi connectivity index (χ1) is 19.8. The summed E-state index contributed by atoms with van der Waals surface area (Å²) in [6.07, 6.45) is 3.04. The van der Waals surface area contributed by atoms with Gasteiger partial charge < -0.3 is 14.2 Å². The zero-order chi connectivity index (χ0) is 29.2. The van der Waals surface area contributed by atoms with Gasteiger partial charge in [-0.2, -0.15) is 0 Å². The lowest BCUT2D eigenvalue weighted by molar-refractivity contribution is -0.151. The number of aromatic nitrogens is 1. The Bertz CT molecular complexity index is 1360. The van der Waals surface area contributed by atoms with E-state index in [4.69, 9.17) is 14.2 Å². The van der Waals surface area contributed by atoms with Crippen molar-refractivity contribution in [1.82, 2.24) is 10.3 Å². The van der Waals surface area contributed by atoms with Crippen LogP contribution in [0.25, 0.3) is 0 Å². The lowest BCUT2D eigenvalue weighted by Gasteiger charge is -2.22. The van der Waals surface area contributed by atoms with Gasteiger partial charge in [0.05, 0.1) is 6.61 Å². The number of rotatable bonds is 13. The molecule has 1 aliphatic heterocycles. The van der Waals surface area contributed by atoms with Gasteiger partial charge in [0.15, 0.2) is 0 Å². The quantitative estimate of drug-likeness (QED) is 0.218. The summed E-state index contributed by atoms with van der Waals surface area (Å²) in [6.45, 7) is 4.13. The molecule has 2 atom stereocenters. The van der Waals surface area contributed by atoms with Crippen LogP contribution in [0.4, 0.5) is 4.79 Å². The molecule has 4 rings (SSSR count). The smallest absolute Gasteiger partial charge is 0.333 e. The highest BCUT2D eigenvalue weighted by atomic mass is 32.2. The molecule has 1 aromatic heterocycles. The van der Waals surface area contributed by atoms with Crippen molar-refractivity contribution in [1.29, 1.82) is 0 Å².